The standard InChI is InChI=1S/C11H13N.C2H4O2/c1-8(2)9-3-4-11-10(7-9)5-6-12-11;1-2(3)4/h3-8,12H,1-2H3;1H3,(H,3,4). The summed E-state index contributed by atoms with van der Waals surface area (Å²) < 4.78 is 0. The molecular weight excluding hydrogens is 202 g/mol. The molecule has 0 bridgehead atoms. The van der Waals surface area contributed by atoms with Crippen molar-refractivity contribution in [3.63, 3.8) is 0 Å². The van der Waals surface area contributed by atoms with Crippen molar-refractivity contribution in [3.05, 3.63) is 36.0 Å². The summed E-state index contributed by atoms with van der Waals surface area (Å²) in [7, 11) is 0. The first-order chi connectivity index (χ1) is 7.50. The average Bonchev–Trinajstić information content (AvgIpc) is 2.62. The van der Waals surface area contributed by atoms with Crippen molar-refractivity contribution in [3.8, 4) is 0 Å². The highest BCUT2D eigenvalue weighted by Gasteiger charge is 1.99. The van der Waals surface area contributed by atoms with E-state index in [1.165, 1.54) is 16.5 Å². The van der Waals surface area contributed by atoms with E-state index in [1.54, 1.807) is 0 Å². The number of carboxylic acids is 1. The van der Waals surface area contributed by atoms with Crippen molar-refractivity contribution in [2.24, 2.45) is 0 Å². The Bertz CT molecular complexity index is 467. The Kier molecular flexibility index (Phi) is 4.11. The van der Waals surface area contributed by atoms with Gasteiger partial charge in [0.15, 0.2) is 0 Å². The van der Waals surface area contributed by atoms with E-state index < -0.39 is 5.97 Å². The van der Waals surface area contributed by atoms with Crippen LogP contribution in [0.2, 0.25) is 0 Å². The molecule has 0 amide bonds. The summed E-state index contributed by atoms with van der Waals surface area (Å²) >= 11 is 0. The lowest BCUT2D eigenvalue weighted by Crippen LogP contribution is -1.85. The lowest BCUT2D eigenvalue weighted by molar-refractivity contribution is -0.134. The minimum Gasteiger partial charge on any atom is -0.481 e. The van der Waals surface area contributed by atoms with Gasteiger partial charge in [0.1, 0.15) is 0 Å². The summed E-state index contributed by atoms with van der Waals surface area (Å²) in [6, 6.07) is 8.69. The first-order valence-corrected chi connectivity index (χ1v) is 5.27. The van der Waals surface area contributed by atoms with E-state index in [1.807, 2.05) is 6.20 Å². The fourth-order valence-corrected chi connectivity index (χ4v) is 1.43. The van der Waals surface area contributed by atoms with Crippen molar-refractivity contribution >= 4 is 16.9 Å². The summed E-state index contributed by atoms with van der Waals surface area (Å²) in [5.41, 5.74) is 2.63. The maximum Gasteiger partial charge on any atom is 0.300 e. The Morgan fingerprint density at radius 1 is 1.31 bits per heavy atom. The van der Waals surface area contributed by atoms with Crippen LogP contribution in [-0.2, 0) is 4.79 Å². The second kappa shape index (κ2) is 5.35. The number of rotatable bonds is 1. The number of hydrogen-bond donors (Lipinski definition) is 2. The summed E-state index contributed by atoms with van der Waals surface area (Å²) in [6.45, 7) is 5.52. The number of carboxylic acid groups (broad SMARTS) is 1. The van der Waals surface area contributed by atoms with Crippen LogP contribution in [0.5, 0.6) is 0 Å². The molecule has 1 aromatic heterocycles. The van der Waals surface area contributed by atoms with Gasteiger partial charge in [-0.05, 0) is 35.1 Å². The Morgan fingerprint density at radius 2 is 1.94 bits per heavy atom. The minimum absolute atomic E-state index is 0.615. The number of nitrogens with one attached hydrogen (secondary N) is 1. The molecule has 0 spiro atoms. The van der Waals surface area contributed by atoms with Crippen LogP contribution >= 0.6 is 0 Å². The van der Waals surface area contributed by atoms with Gasteiger partial charge in [-0.3, -0.25) is 4.79 Å². The lowest BCUT2D eigenvalue weighted by Gasteiger charge is -2.03. The number of aliphatic carboxylic acids is 1. The van der Waals surface area contributed by atoms with E-state index in [4.69, 9.17) is 9.90 Å². The number of H-pyrrole nitrogens is 1. The van der Waals surface area contributed by atoms with Crippen molar-refractivity contribution in [2.75, 3.05) is 0 Å². The van der Waals surface area contributed by atoms with E-state index >= 15 is 0 Å². The highest BCUT2D eigenvalue weighted by molar-refractivity contribution is 5.80. The molecule has 0 unspecified atom stereocenters. The van der Waals surface area contributed by atoms with Gasteiger partial charge in [-0.2, -0.15) is 0 Å². The monoisotopic (exact) mass is 219 g/mol. The van der Waals surface area contributed by atoms with Crippen LogP contribution in [0.15, 0.2) is 30.5 Å². The highest BCUT2D eigenvalue weighted by atomic mass is 16.4. The van der Waals surface area contributed by atoms with Gasteiger partial charge in [-0.25, -0.2) is 0 Å². The largest absolute Gasteiger partial charge is 0.481 e. The van der Waals surface area contributed by atoms with Crippen LogP contribution in [0, 0.1) is 0 Å². The Labute approximate surface area is 95.1 Å². The van der Waals surface area contributed by atoms with Gasteiger partial charge in [0, 0.05) is 18.6 Å². The molecule has 3 heteroatoms. The molecule has 3 nitrogen and oxygen atoms in total. The van der Waals surface area contributed by atoms with Crippen molar-refractivity contribution < 1.29 is 9.90 Å². The van der Waals surface area contributed by atoms with Crippen LogP contribution in [0.4, 0.5) is 0 Å². The van der Waals surface area contributed by atoms with Gasteiger partial charge in [0.05, 0.1) is 0 Å². The number of benzene rings is 1. The SMILES string of the molecule is CC(=O)O.CC(C)c1ccc2[nH]ccc2c1. The molecule has 0 saturated heterocycles. The number of aromatic nitrogens is 1. The quantitative estimate of drug-likeness (QED) is 0.772. The third-order valence-electron chi connectivity index (χ3n) is 2.24. The van der Waals surface area contributed by atoms with E-state index in [-0.39, 0.29) is 0 Å². The minimum atomic E-state index is -0.833. The van der Waals surface area contributed by atoms with Crippen LogP contribution < -0.4 is 0 Å². The molecule has 0 atom stereocenters. The molecule has 1 aromatic carbocycles. The van der Waals surface area contributed by atoms with Gasteiger partial charge in [0.2, 0.25) is 0 Å². The predicted molar refractivity (Wildman–Crippen MR) is 65.7 cm³/mol. The maximum atomic E-state index is 9.00. The Hall–Kier alpha value is -1.77. The molecular formula is C13H17NO2. The first kappa shape index (κ1) is 12.3. The van der Waals surface area contributed by atoms with Gasteiger partial charge < -0.3 is 10.1 Å². The zero-order valence-electron chi connectivity index (χ0n) is 9.82. The summed E-state index contributed by atoms with van der Waals surface area (Å²) in [6.07, 6.45) is 1.98. The van der Waals surface area contributed by atoms with Crippen molar-refractivity contribution in [2.45, 2.75) is 26.7 Å². The topological polar surface area (TPSA) is 53.1 Å². The molecule has 0 radical (unpaired) electrons. The predicted octanol–water partition coefficient (Wildman–Crippen LogP) is 3.38. The third kappa shape index (κ3) is 3.42. The molecule has 0 saturated carbocycles. The zero-order valence-corrected chi connectivity index (χ0v) is 9.82. The maximum absolute atomic E-state index is 9.00. The normalized spacial score (nSPS) is 10.0. The van der Waals surface area contributed by atoms with Gasteiger partial charge in [0.25, 0.3) is 5.97 Å². The van der Waals surface area contributed by atoms with Crippen LogP contribution in [-0.4, -0.2) is 16.1 Å². The smallest absolute Gasteiger partial charge is 0.300 e. The van der Waals surface area contributed by atoms with Crippen LogP contribution in [0.1, 0.15) is 32.3 Å². The summed E-state index contributed by atoms with van der Waals surface area (Å²) in [4.78, 5) is 12.2. The number of fused-ring (bicyclic) bond motifs is 1. The fourth-order valence-electron chi connectivity index (χ4n) is 1.43. The number of hydrogen-bond acceptors (Lipinski definition) is 1. The molecule has 1 heterocycles. The van der Waals surface area contributed by atoms with E-state index in [0.29, 0.717) is 5.92 Å². The molecule has 86 valence electrons. The van der Waals surface area contributed by atoms with Gasteiger partial charge >= 0.3 is 0 Å². The molecule has 0 aliphatic rings. The number of carbonyl (C=O) groups is 1. The molecule has 0 aliphatic carbocycles. The Morgan fingerprint density at radius 3 is 2.50 bits per heavy atom. The lowest BCUT2D eigenvalue weighted by atomic mass is 10.0. The third-order valence-corrected chi connectivity index (χ3v) is 2.24. The van der Waals surface area contributed by atoms with Gasteiger partial charge in [-0.1, -0.05) is 19.9 Å². The second-order valence-electron chi connectivity index (χ2n) is 4.00. The first-order valence-electron chi connectivity index (χ1n) is 5.27. The Balaban J connectivity index is 0.000000280. The molecule has 2 aromatic rings. The second-order valence-corrected chi connectivity index (χ2v) is 4.00. The van der Waals surface area contributed by atoms with E-state index in [0.717, 1.165) is 6.92 Å². The van der Waals surface area contributed by atoms with E-state index in [9.17, 15) is 0 Å². The van der Waals surface area contributed by atoms with Crippen molar-refractivity contribution in [1.29, 1.82) is 0 Å². The summed E-state index contributed by atoms with van der Waals surface area (Å²) in [5, 5.41) is 8.72. The molecule has 0 fully saturated rings. The van der Waals surface area contributed by atoms with Crippen molar-refractivity contribution in [1.82, 2.24) is 4.98 Å². The zero-order chi connectivity index (χ0) is 12.1. The highest BCUT2D eigenvalue weighted by Crippen LogP contribution is 2.19. The van der Waals surface area contributed by atoms with E-state index in [2.05, 4.69) is 43.1 Å². The fraction of sp³-hybridized carbons (Fsp3) is 0.308. The molecule has 16 heavy (non-hydrogen) atoms. The average molecular weight is 219 g/mol. The summed E-state index contributed by atoms with van der Waals surface area (Å²) in [5.74, 6) is -0.218. The van der Waals surface area contributed by atoms with Crippen LogP contribution in [0.3, 0.4) is 0 Å². The molecule has 0 aliphatic heterocycles. The number of aromatic amines is 1. The molecule has 2 N–H and O–H groups in total. The van der Waals surface area contributed by atoms with Gasteiger partial charge in [-0.15, -0.1) is 0 Å². The van der Waals surface area contributed by atoms with Crippen LogP contribution in [0.25, 0.3) is 10.9 Å². The molecule has 2 rings (SSSR count).